The number of fused-ring (bicyclic) bond motifs is 1. The summed E-state index contributed by atoms with van der Waals surface area (Å²) in [6.45, 7) is 5.71. The molecule has 0 spiro atoms. The van der Waals surface area contributed by atoms with Crippen molar-refractivity contribution in [1.82, 2.24) is 9.88 Å². The predicted octanol–water partition coefficient (Wildman–Crippen LogP) is 3.58. The summed E-state index contributed by atoms with van der Waals surface area (Å²) in [5.41, 5.74) is 0. The summed E-state index contributed by atoms with van der Waals surface area (Å²) < 4.78 is 6.13. The first-order valence-corrected chi connectivity index (χ1v) is 8.23. The van der Waals surface area contributed by atoms with Crippen molar-refractivity contribution in [2.45, 2.75) is 38.7 Å². The molecular weight excluding hydrogens is 276 g/mol. The minimum absolute atomic E-state index is 0.0771. The first-order valence-electron chi connectivity index (χ1n) is 8.23. The van der Waals surface area contributed by atoms with E-state index in [-0.39, 0.29) is 5.88 Å². The van der Waals surface area contributed by atoms with Crippen molar-refractivity contribution in [2.24, 2.45) is 0 Å². The molecule has 3 rings (SSSR count). The molecule has 0 atom stereocenters. The number of hydrogen-bond donors (Lipinski definition) is 1. The zero-order valence-corrected chi connectivity index (χ0v) is 13.2. The van der Waals surface area contributed by atoms with Gasteiger partial charge in [-0.05, 0) is 55.5 Å². The minimum Gasteiger partial charge on any atom is -0.493 e. The highest BCUT2D eigenvalue weighted by Gasteiger charge is 2.20. The molecule has 1 aliphatic rings. The second-order valence-corrected chi connectivity index (χ2v) is 6.03. The molecule has 0 saturated carbocycles. The molecule has 1 saturated heterocycles. The van der Waals surface area contributed by atoms with Crippen molar-refractivity contribution in [3.63, 3.8) is 0 Å². The van der Waals surface area contributed by atoms with Gasteiger partial charge in [0, 0.05) is 24.7 Å². The molecule has 1 fully saturated rings. The third-order valence-corrected chi connectivity index (χ3v) is 4.38. The molecule has 0 radical (unpaired) electrons. The second kappa shape index (κ2) is 6.97. The molecule has 0 bridgehead atoms. The van der Waals surface area contributed by atoms with Gasteiger partial charge in [0.25, 0.3) is 0 Å². The van der Waals surface area contributed by atoms with Crippen molar-refractivity contribution >= 4 is 10.8 Å². The summed E-state index contributed by atoms with van der Waals surface area (Å²) in [7, 11) is 0. The summed E-state index contributed by atoms with van der Waals surface area (Å²) in [4.78, 5) is 6.43. The number of aromatic hydroxyl groups is 1. The smallest absolute Gasteiger partial charge is 0.218 e. The first kappa shape index (κ1) is 15.1. The third-order valence-electron chi connectivity index (χ3n) is 4.38. The maximum absolute atomic E-state index is 9.73. The molecule has 1 N–H and O–H groups in total. The van der Waals surface area contributed by atoms with Crippen molar-refractivity contribution in [3.05, 3.63) is 30.5 Å². The Kier molecular flexibility index (Phi) is 4.78. The Balaban J connectivity index is 1.60. The molecule has 0 amide bonds. The molecule has 4 heteroatoms. The van der Waals surface area contributed by atoms with E-state index in [0.29, 0.717) is 6.10 Å². The molecule has 1 aromatic carbocycles. The van der Waals surface area contributed by atoms with Gasteiger partial charge in [-0.1, -0.05) is 13.3 Å². The molecule has 22 heavy (non-hydrogen) atoms. The van der Waals surface area contributed by atoms with Crippen LogP contribution in [0.1, 0.15) is 32.6 Å². The van der Waals surface area contributed by atoms with Crippen LogP contribution in [-0.2, 0) is 0 Å². The predicted molar refractivity (Wildman–Crippen MR) is 88.4 cm³/mol. The third kappa shape index (κ3) is 3.50. The van der Waals surface area contributed by atoms with Crippen LogP contribution in [0.2, 0.25) is 0 Å². The number of benzene rings is 1. The fraction of sp³-hybridized carbons (Fsp3) is 0.500. The Hall–Kier alpha value is -1.81. The maximum atomic E-state index is 9.73. The van der Waals surface area contributed by atoms with Gasteiger partial charge in [0.1, 0.15) is 11.9 Å². The van der Waals surface area contributed by atoms with Gasteiger partial charge < -0.3 is 14.7 Å². The molecule has 0 unspecified atom stereocenters. The molecular formula is C18H24N2O2. The van der Waals surface area contributed by atoms with E-state index in [4.69, 9.17) is 4.74 Å². The number of hydrogen-bond acceptors (Lipinski definition) is 4. The SMILES string of the molecule is CCCCN1CCC(Oc2ccc3c(O)nccc3c2)CC1. The summed E-state index contributed by atoms with van der Waals surface area (Å²) in [5, 5.41) is 11.5. The number of likely N-dealkylation sites (tertiary alicyclic amines) is 1. The Morgan fingerprint density at radius 2 is 2.09 bits per heavy atom. The second-order valence-electron chi connectivity index (χ2n) is 6.03. The molecule has 1 aromatic heterocycles. The standard InChI is InChI=1S/C18H24N2O2/c1-2-3-10-20-11-7-15(8-12-20)22-16-4-5-17-14(13-16)6-9-19-18(17)21/h4-6,9,13,15H,2-3,7-8,10-12H2,1H3,(H,19,21). The van der Waals surface area contributed by atoms with Gasteiger partial charge in [0.2, 0.25) is 5.88 Å². The Morgan fingerprint density at radius 1 is 1.27 bits per heavy atom. The normalized spacial score (nSPS) is 17.0. The van der Waals surface area contributed by atoms with E-state index >= 15 is 0 Å². The van der Waals surface area contributed by atoms with Crippen LogP contribution < -0.4 is 4.74 Å². The fourth-order valence-corrected chi connectivity index (χ4v) is 3.04. The van der Waals surface area contributed by atoms with E-state index in [1.807, 2.05) is 24.3 Å². The molecule has 0 aliphatic carbocycles. The van der Waals surface area contributed by atoms with Crippen LogP contribution in [0.15, 0.2) is 30.5 Å². The van der Waals surface area contributed by atoms with Crippen LogP contribution in [-0.4, -0.2) is 40.7 Å². The molecule has 1 aliphatic heterocycles. The molecule has 2 heterocycles. The van der Waals surface area contributed by atoms with Gasteiger partial charge >= 0.3 is 0 Å². The lowest BCUT2D eigenvalue weighted by atomic mass is 10.1. The van der Waals surface area contributed by atoms with E-state index in [0.717, 1.165) is 42.5 Å². The molecule has 118 valence electrons. The Bertz CT molecular complexity index is 622. The Morgan fingerprint density at radius 3 is 2.86 bits per heavy atom. The summed E-state index contributed by atoms with van der Waals surface area (Å²) >= 11 is 0. The maximum Gasteiger partial charge on any atom is 0.218 e. The number of rotatable bonds is 5. The lowest BCUT2D eigenvalue weighted by molar-refractivity contribution is 0.0999. The highest BCUT2D eigenvalue weighted by atomic mass is 16.5. The van der Waals surface area contributed by atoms with Crippen LogP contribution >= 0.6 is 0 Å². The summed E-state index contributed by atoms with van der Waals surface area (Å²) in [5.74, 6) is 0.957. The highest BCUT2D eigenvalue weighted by Crippen LogP contribution is 2.27. The highest BCUT2D eigenvalue weighted by molar-refractivity contribution is 5.87. The van der Waals surface area contributed by atoms with Gasteiger partial charge in [0.05, 0.1) is 0 Å². The molecule has 4 nitrogen and oxygen atoms in total. The minimum atomic E-state index is 0.0771. The van der Waals surface area contributed by atoms with Gasteiger partial charge in [-0.25, -0.2) is 4.98 Å². The summed E-state index contributed by atoms with van der Waals surface area (Å²) in [6, 6.07) is 7.69. The van der Waals surface area contributed by atoms with Crippen LogP contribution in [0.4, 0.5) is 0 Å². The number of nitrogens with zero attached hydrogens (tertiary/aromatic N) is 2. The van der Waals surface area contributed by atoms with Gasteiger partial charge in [-0.2, -0.15) is 0 Å². The average molecular weight is 300 g/mol. The van der Waals surface area contributed by atoms with E-state index in [1.54, 1.807) is 6.20 Å². The van der Waals surface area contributed by atoms with Crippen molar-refractivity contribution in [3.8, 4) is 11.6 Å². The lowest BCUT2D eigenvalue weighted by Gasteiger charge is -2.32. The topological polar surface area (TPSA) is 45.6 Å². The number of ether oxygens (including phenoxy) is 1. The summed E-state index contributed by atoms with van der Waals surface area (Å²) in [6.07, 6.45) is 6.63. The zero-order chi connectivity index (χ0) is 15.4. The lowest BCUT2D eigenvalue weighted by Crippen LogP contribution is -2.38. The van der Waals surface area contributed by atoms with Crippen LogP contribution in [0.25, 0.3) is 10.8 Å². The van der Waals surface area contributed by atoms with Crippen LogP contribution in [0.3, 0.4) is 0 Å². The van der Waals surface area contributed by atoms with Gasteiger partial charge in [0.15, 0.2) is 0 Å². The van der Waals surface area contributed by atoms with Crippen LogP contribution in [0.5, 0.6) is 11.6 Å². The number of aromatic nitrogens is 1. The van der Waals surface area contributed by atoms with Crippen LogP contribution in [0, 0.1) is 0 Å². The van der Waals surface area contributed by atoms with Crippen molar-refractivity contribution in [2.75, 3.05) is 19.6 Å². The largest absolute Gasteiger partial charge is 0.493 e. The first-order chi connectivity index (χ1) is 10.8. The van der Waals surface area contributed by atoms with E-state index in [1.165, 1.54) is 19.4 Å². The zero-order valence-electron chi connectivity index (χ0n) is 13.2. The average Bonchev–Trinajstić information content (AvgIpc) is 2.54. The van der Waals surface area contributed by atoms with Crippen molar-refractivity contribution in [1.29, 1.82) is 0 Å². The number of pyridine rings is 1. The quantitative estimate of drug-likeness (QED) is 0.916. The van der Waals surface area contributed by atoms with Gasteiger partial charge in [-0.3, -0.25) is 0 Å². The van der Waals surface area contributed by atoms with Crippen molar-refractivity contribution < 1.29 is 9.84 Å². The number of piperidine rings is 1. The van der Waals surface area contributed by atoms with Gasteiger partial charge in [-0.15, -0.1) is 0 Å². The number of unbranched alkanes of at least 4 members (excludes halogenated alkanes) is 1. The Labute approximate surface area is 131 Å². The van der Waals surface area contributed by atoms with E-state index in [9.17, 15) is 5.11 Å². The monoisotopic (exact) mass is 300 g/mol. The fourth-order valence-electron chi connectivity index (χ4n) is 3.04. The molecule has 2 aromatic rings. The van der Waals surface area contributed by atoms with E-state index in [2.05, 4.69) is 16.8 Å². The van der Waals surface area contributed by atoms with E-state index < -0.39 is 0 Å².